The fraction of sp³-hybridized carbons (Fsp3) is 0.227. The van der Waals surface area contributed by atoms with Crippen LogP contribution in [-0.4, -0.2) is 33.0 Å². The number of aryl methyl sites for hydroxylation is 2. The molecule has 0 radical (unpaired) electrons. The van der Waals surface area contributed by atoms with Crippen molar-refractivity contribution < 1.29 is 13.9 Å². The summed E-state index contributed by atoms with van der Waals surface area (Å²) in [5.74, 6) is -0.560. The molecule has 0 amide bonds. The second-order valence-electron chi connectivity index (χ2n) is 7.33. The maximum absolute atomic E-state index is 14.0. The van der Waals surface area contributed by atoms with E-state index in [1.165, 1.54) is 29.2 Å². The van der Waals surface area contributed by atoms with Crippen LogP contribution in [0.3, 0.4) is 0 Å². The number of ether oxygens (including phenoxy) is 2. The molecule has 0 unspecified atom stereocenters. The van der Waals surface area contributed by atoms with Crippen LogP contribution in [0.5, 0.6) is 17.4 Å². The molecule has 1 aliphatic rings. The van der Waals surface area contributed by atoms with Crippen LogP contribution in [0.15, 0.2) is 40.6 Å². The van der Waals surface area contributed by atoms with Gasteiger partial charge in [0.25, 0.3) is 11.4 Å². The number of rotatable bonds is 5. The predicted molar refractivity (Wildman–Crippen MR) is 124 cm³/mol. The van der Waals surface area contributed by atoms with Gasteiger partial charge in [-0.3, -0.25) is 4.79 Å². The quantitative estimate of drug-likeness (QED) is 0.303. The van der Waals surface area contributed by atoms with Crippen LogP contribution < -0.4 is 15.0 Å². The van der Waals surface area contributed by atoms with Crippen molar-refractivity contribution in [1.82, 2.24) is 19.6 Å². The molecular formula is C22H17ClFN5O3S. The highest BCUT2D eigenvalue weighted by Crippen LogP contribution is 2.34. The Balaban J connectivity index is 1.48. The van der Waals surface area contributed by atoms with Crippen LogP contribution in [0, 0.1) is 5.82 Å². The molecule has 3 heterocycles. The van der Waals surface area contributed by atoms with Gasteiger partial charge in [0.2, 0.25) is 11.1 Å². The molecule has 0 N–H and O–H groups in total. The number of aromatic nitrogens is 4. The molecular weight excluding hydrogens is 469 g/mol. The first-order valence-corrected chi connectivity index (χ1v) is 11.3. The average molecular weight is 486 g/mol. The van der Waals surface area contributed by atoms with E-state index in [1.807, 2.05) is 0 Å². The summed E-state index contributed by atoms with van der Waals surface area (Å²) in [5, 5.41) is 4.80. The molecule has 0 fully saturated rings. The van der Waals surface area contributed by atoms with Crippen molar-refractivity contribution in [3.05, 3.63) is 68.2 Å². The summed E-state index contributed by atoms with van der Waals surface area (Å²) in [6.45, 7) is 0. The Hall–Kier alpha value is -3.37. The minimum absolute atomic E-state index is 0.152. The minimum atomic E-state index is -0.773. The molecule has 4 aromatic rings. The highest BCUT2D eigenvalue weighted by atomic mass is 35.5. The maximum atomic E-state index is 14.0. The van der Waals surface area contributed by atoms with Crippen molar-refractivity contribution in [2.24, 2.45) is 5.10 Å². The summed E-state index contributed by atoms with van der Waals surface area (Å²) in [7, 11) is 1.46. The van der Waals surface area contributed by atoms with Crippen molar-refractivity contribution in [1.29, 1.82) is 0 Å². The fourth-order valence-corrected chi connectivity index (χ4v) is 5.05. The molecule has 0 saturated heterocycles. The van der Waals surface area contributed by atoms with Gasteiger partial charge in [-0.15, -0.1) is 11.3 Å². The Bertz CT molecular complexity index is 1450. The zero-order valence-electron chi connectivity index (χ0n) is 17.4. The number of halogens is 2. The van der Waals surface area contributed by atoms with Crippen molar-refractivity contribution in [3.63, 3.8) is 0 Å². The smallest absolute Gasteiger partial charge is 0.282 e. The lowest BCUT2D eigenvalue weighted by Gasteiger charge is -2.11. The zero-order valence-corrected chi connectivity index (χ0v) is 19.0. The van der Waals surface area contributed by atoms with Gasteiger partial charge in [0.1, 0.15) is 11.2 Å². The molecule has 168 valence electrons. The third kappa shape index (κ3) is 4.19. The van der Waals surface area contributed by atoms with Crippen molar-refractivity contribution in [2.45, 2.75) is 25.7 Å². The number of benzene rings is 1. The topological polar surface area (TPSA) is 91.5 Å². The molecule has 1 aromatic carbocycles. The first-order chi connectivity index (χ1) is 16.0. The molecule has 3 aromatic heterocycles. The Morgan fingerprint density at radius 1 is 1.24 bits per heavy atom. The first kappa shape index (κ1) is 21.5. The summed E-state index contributed by atoms with van der Waals surface area (Å²) in [6.07, 6.45) is 7.92. The van der Waals surface area contributed by atoms with Crippen LogP contribution in [0.4, 0.5) is 4.39 Å². The van der Waals surface area contributed by atoms with Gasteiger partial charge in [0.15, 0.2) is 11.5 Å². The van der Waals surface area contributed by atoms with Crippen LogP contribution >= 0.6 is 22.9 Å². The highest BCUT2D eigenvalue weighted by Gasteiger charge is 2.20. The lowest BCUT2D eigenvalue weighted by Crippen LogP contribution is -2.18. The van der Waals surface area contributed by atoms with Crippen molar-refractivity contribution in [2.75, 3.05) is 7.11 Å². The molecule has 8 nitrogen and oxygen atoms in total. The predicted octanol–water partition coefficient (Wildman–Crippen LogP) is 4.60. The summed E-state index contributed by atoms with van der Waals surface area (Å²) >= 11 is 7.33. The van der Waals surface area contributed by atoms with E-state index in [0.29, 0.717) is 16.7 Å². The van der Waals surface area contributed by atoms with Gasteiger partial charge >= 0.3 is 0 Å². The van der Waals surface area contributed by atoms with E-state index in [4.69, 9.17) is 21.1 Å². The number of hydrogen-bond donors (Lipinski definition) is 0. The van der Waals surface area contributed by atoms with Gasteiger partial charge in [-0.25, -0.2) is 9.97 Å². The van der Waals surface area contributed by atoms with E-state index in [0.717, 1.165) is 42.3 Å². The standard InChI is InChI=1S/C22H17ClFN5O3S/c1-31-15-7-6-12(8-16(15)32-19-14(24)10-25-22(23)28-19)9-27-29-11-26-20-18(21(29)30)13-4-2-3-5-17(13)33-20/h6-11H,2-5H2,1H3. The van der Waals surface area contributed by atoms with Crippen LogP contribution in [0.1, 0.15) is 28.8 Å². The van der Waals surface area contributed by atoms with Gasteiger partial charge in [-0.1, -0.05) is 0 Å². The molecule has 0 spiro atoms. The van der Waals surface area contributed by atoms with Gasteiger partial charge < -0.3 is 9.47 Å². The third-order valence-electron chi connectivity index (χ3n) is 5.27. The number of methoxy groups -OCH3 is 1. The third-order valence-corrected chi connectivity index (χ3v) is 6.65. The molecule has 11 heteroatoms. The lowest BCUT2D eigenvalue weighted by molar-refractivity contribution is 0.363. The van der Waals surface area contributed by atoms with Gasteiger partial charge in [-0.2, -0.15) is 19.2 Å². The van der Waals surface area contributed by atoms with Gasteiger partial charge in [0.05, 0.1) is 24.9 Å². The summed E-state index contributed by atoms with van der Waals surface area (Å²) in [5.41, 5.74) is 1.50. The summed E-state index contributed by atoms with van der Waals surface area (Å²) in [4.78, 5) is 26.8. The Labute approximate surface area is 196 Å². The van der Waals surface area contributed by atoms with Crippen LogP contribution in [-0.2, 0) is 12.8 Å². The van der Waals surface area contributed by atoms with E-state index in [9.17, 15) is 9.18 Å². The molecule has 0 atom stereocenters. The number of nitrogens with zero attached hydrogens (tertiary/aromatic N) is 5. The molecule has 1 aliphatic carbocycles. The lowest BCUT2D eigenvalue weighted by atomic mass is 9.97. The average Bonchev–Trinajstić information content (AvgIpc) is 3.20. The largest absolute Gasteiger partial charge is 0.493 e. The first-order valence-electron chi connectivity index (χ1n) is 10.1. The Kier molecular flexibility index (Phi) is 5.77. The molecule has 5 rings (SSSR count). The molecule has 33 heavy (non-hydrogen) atoms. The van der Waals surface area contributed by atoms with Gasteiger partial charge in [-0.05, 0) is 66.6 Å². The molecule has 0 saturated carbocycles. The van der Waals surface area contributed by atoms with E-state index >= 15 is 0 Å². The van der Waals surface area contributed by atoms with Gasteiger partial charge in [0, 0.05) is 4.88 Å². The SMILES string of the molecule is COc1ccc(C=Nn2cnc3sc4c(c3c2=O)CCCC4)cc1Oc1nc(Cl)ncc1F. The molecule has 0 aliphatic heterocycles. The zero-order chi connectivity index (χ0) is 22.9. The second kappa shape index (κ2) is 8.87. The summed E-state index contributed by atoms with van der Waals surface area (Å²) in [6, 6.07) is 4.94. The number of fused-ring (bicyclic) bond motifs is 3. The Morgan fingerprint density at radius 3 is 2.94 bits per heavy atom. The van der Waals surface area contributed by atoms with E-state index in [2.05, 4.69) is 20.1 Å². The van der Waals surface area contributed by atoms with Crippen molar-refractivity contribution in [3.8, 4) is 17.4 Å². The van der Waals surface area contributed by atoms with Crippen LogP contribution in [0.25, 0.3) is 10.2 Å². The maximum Gasteiger partial charge on any atom is 0.282 e. The second-order valence-corrected chi connectivity index (χ2v) is 8.76. The highest BCUT2D eigenvalue weighted by molar-refractivity contribution is 7.18. The van der Waals surface area contributed by atoms with E-state index in [1.54, 1.807) is 29.5 Å². The number of thiophene rings is 1. The Morgan fingerprint density at radius 2 is 2.09 bits per heavy atom. The normalized spacial score (nSPS) is 13.4. The van der Waals surface area contributed by atoms with E-state index in [-0.39, 0.29) is 22.5 Å². The van der Waals surface area contributed by atoms with Crippen molar-refractivity contribution >= 4 is 39.4 Å². The minimum Gasteiger partial charge on any atom is -0.493 e. The fourth-order valence-electron chi connectivity index (χ4n) is 3.71. The van der Waals surface area contributed by atoms with Crippen LogP contribution in [0.2, 0.25) is 5.28 Å². The monoisotopic (exact) mass is 485 g/mol. The number of hydrogen-bond acceptors (Lipinski definition) is 8. The van der Waals surface area contributed by atoms with E-state index < -0.39 is 5.82 Å². The molecule has 0 bridgehead atoms. The summed E-state index contributed by atoms with van der Waals surface area (Å²) < 4.78 is 26.1.